The smallest absolute Gasteiger partial charge is 0.282 e. The molecule has 2 aromatic carbocycles. The average molecular weight is 586 g/mol. The Morgan fingerprint density at radius 1 is 1.07 bits per heavy atom. The summed E-state index contributed by atoms with van der Waals surface area (Å²) in [5, 5.41) is 16.9. The quantitative estimate of drug-likeness (QED) is 0.250. The maximum Gasteiger partial charge on any atom is 0.282 e. The van der Waals surface area contributed by atoms with Gasteiger partial charge < -0.3 is 16.2 Å². The number of carbonyl (C=O) groups is 2. The summed E-state index contributed by atoms with van der Waals surface area (Å²) >= 11 is 0. The van der Waals surface area contributed by atoms with Crippen LogP contribution in [0, 0.1) is 17.5 Å². The molecule has 218 valence electrons. The summed E-state index contributed by atoms with van der Waals surface area (Å²) in [6.45, 7) is -0.537. The molecule has 0 aliphatic heterocycles. The van der Waals surface area contributed by atoms with Crippen LogP contribution in [-0.4, -0.2) is 31.7 Å². The van der Waals surface area contributed by atoms with Crippen molar-refractivity contribution < 1.29 is 36.6 Å². The van der Waals surface area contributed by atoms with Crippen LogP contribution in [0.25, 0.3) is 11.1 Å². The van der Waals surface area contributed by atoms with Gasteiger partial charge in [-0.1, -0.05) is 12.1 Å². The molecule has 42 heavy (non-hydrogen) atoms. The minimum Gasteiger partial charge on any atom is -0.387 e. The Morgan fingerprint density at radius 3 is 2.50 bits per heavy atom. The monoisotopic (exact) mass is 585 g/mol. The van der Waals surface area contributed by atoms with Crippen molar-refractivity contribution in [2.45, 2.75) is 44.4 Å². The molecule has 1 aliphatic carbocycles. The number of rotatable bonds is 9. The van der Waals surface area contributed by atoms with Crippen LogP contribution >= 0.6 is 0 Å². The fraction of sp³-hybridized carbons (Fsp3) is 0.241. The molecule has 1 aliphatic rings. The van der Waals surface area contributed by atoms with Gasteiger partial charge in [0.1, 0.15) is 29.7 Å². The van der Waals surface area contributed by atoms with Gasteiger partial charge in [-0.3, -0.25) is 19.3 Å². The van der Waals surface area contributed by atoms with Gasteiger partial charge in [0.05, 0.1) is 29.1 Å². The number of hydrogen-bond donors (Lipinski definition) is 3. The standard InChI is InChI=1S/C29H24F5N5O3/c30-16-8-14(9-17(31)12-16)10-22(25-18(2-1-7-36-25)15-3-5-21(32)20(11-15)29(35)42)37-24(41)13-39-27-19(4-6-23(27)40)26(38-39)28(33)34/h1-3,5,7-9,11-12,22-23,28,40H,4,6,10,13H2,(H2,35,42)(H,37,41)/t22-,23?/m0/s1. The van der Waals surface area contributed by atoms with Gasteiger partial charge in [0.25, 0.3) is 12.3 Å². The molecule has 2 atom stereocenters. The zero-order chi connectivity index (χ0) is 30.1. The molecule has 2 heterocycles. The predicted octanol–water partition coefficient (Wildman–Crippen LogP) is 4.48. The highest BCUT2D eigenvalue weighted by Crippen LogP contribution is 2.37. The summed E-state index contributed by atoms with van der Waals surface area (Å²) in [5.74, 6) is -4.25. The molecule has 13 heteroatoms. The van der Waals surface area contributed by atoms with Gasteiger partial charge >= 0.3 is 0 Å². The van der Waals surface area contributed by atoms with E-state index in [9.17, 15) is 36.6 Å². The summed E-state index contributed by atoms with van der Waals surface area (Å²) in [7, 11) is 0. The second kappa shape index (κ2) is 11.7. The van der Waals surface area contributed by atoms with E-state index in [1.807, 2.05) is 0 Å². The highest BCUT2D eigenvalue weighted by molar-refractivity contribution is 5.94. The number of nitrogens with two attached hydrogens (primary N) is 1. The van der Waals surface area contributed by atoms with Crippen molar-refractivity contribution in [3.05, 3.63) is 106 Å². The number of pyridine rings is 1. The van der Waals surface area contributed by atoms with Gasteiger partial charge in [0.2, 0.25) is 5.91 Å². The molecule has 2 aromatic heterocycles. The van der Waals surface area contributed by atoms with Gasteiger partial charge in [0.15, 0.2) is 0 Å². The average Bonchev–Trinajstić information content (AvgIpc) is 3.48. The molecule has 0 saturated heterocycles. The first-order valence-electron chi connectivity index (χ1n) is 12.9. The number of carbonyl (C=O) groups excluding carboxylic acids is 2. The molecule has 2 amide bonds. The second-order valence-corrected chi connectivity index (χ2v) is 9.86. The lowest BCUT2D eigenvalue weighted by atomic mass is 9.94. The van der Waals surface area contributed by atoms with Gasteiger partial charge in [-0.05, 0) is 60.7 Å². The van der Waals surface area contributed by atoms with E-state index >= 15 is 0 Å². The highest BCUT2D eigenvalue weighted by atomic mass is 19.3. The number of aromatic nitrogens is 3. The largest absolute Gasteiger partial charge is 0.387 e. The van der Waals surface area contributed by atoms with E-state index < -0.39 is 60.1 Å². The lowest BCUT2D eigenvalue weighted by molar-refractivity contribution is -0.122. The van der Waals surface area contributed by atoms with Crippen molar-refractivity contribution in [1.29, 1.82) is 0 Å². The van der Waals surface area contributed by atoms with E-state index in [-0.39, 0.29) is 47.3 Å². The third kappa shape index (κ3) is 5.86. The SMILES string of the molecule is NC(=O)c1cc(-c2cccnc2[C@H](Cc2cc(F)cc(F)c2)NC(=O)Cn2nc(C(F)F)c3c2C(O)CC3)ccc1F. The molecule has 1 unspecified atom stereocenters. The van der Waals surface area contributed by atoms with Gasteiger partial charge in [-0.25, -0.2) is 22.0 Å². The van der Waals surface area contributed by atoms with E-state index in [4.69, 9.17) is 5.73 Å². The number of benzene rings is 2. The Morgan fingerprint density at radius 2 is 1.81 bits per heavy atom. The summed E-state index contributed by atoms with van der Waals surface area (Å²) in [5.41, 5.74) is 5.81. The maximum absolute atomic E-state index is 14.2. The molecule has 0 fully saturated rings. The van der Waals surface area contributed by atoms with Crippen LogP contribution in [0.5, 0.6) is 0 Å². The van der Waals surface area contributed by atoms with Gasteiger partial charge in [0, 0.05) is 23.4 Å². The van der Waals surface area contributed by atoms with Crippen molar-refractivity contribution in [3.63, 3.8) is 0 Å². The third-order valence-electron chi connectivity index (χ3n) is 7.02. The van der Waals surface area contributed by atoms with E-state index in [1.54, 1.807) is 12.1 Å². The normalized spacial score (nSPS) is 15.1. The predicted molar refractivity (Wildman–Crippen MR) is 140 cm³/mol. The summed E-state index contributed by atoms with van der Waals surface area (Å²) in [4.78, 5) is 29.5. The minimum absolute atomic E-state index is 0.132. The molecule has 0 saturated carbocycles. The summed E-state index contributed by atoms with van der Waals surface area (Å²) < 4.78 is 70.5. The van der Waals surface area contributed by atoms with Crippen LogP contribution in [-0.2, 0) is 24.2 Å². The Bertz CT molecular complexity index is 1660. The van der Waals surface area contributed by atoms with Crippen LogP contribution in [0.15, 0.2) is 54.7 Å². The highest BCUT2D eigenvalue weighted by Gasteiger charge is 2.33. The number of aliphatic hydroxyl groups is 1. The van der Waals surface area contributed by atoms with E-state index in [0.29, 0.717) is 17.2 Å². The van der Waals surface area contributed by atoms with Crippen molar-refractivity contribution in [2.24, 2.45) is 5.73 Å². The van der Waals surface area contributed by atoms with Crippen molar-refractivity contribution in [2.75, 3.05) is 0 Å². The summed E-state index contributed by atoms with van der Waals surface area (Å²) in [6, 6.07) is 8.62. The lowest BCUT2D eigenvalue weighted by Gasteiger charge is -2.22. The first kappa shape index (κ1) is 28.9. The maximum atomic E-state index is 14.2. The van der Waals surface area contributed by atoms with Crippen LogP contribution in [0.1, 0.15) is 63.6 Å². The fourth-order valence-electron chi connectivity index (χ4n) is 5.25. The zero-order valence-corrected chi connectivity index (χ0v) is 21.8. The number of alkyl halides is 2. The number of amides is 2. The van der Waals surface area contributed by atoms with Gasteiger partial charge in [-0.15, -0.1) is 0 Å². The van der Waals surface area contributed by atoms with E-state index in [1.165, 1.54) is 18.3 Å². The fourth-order valence-corrected chi connectivity index (χ4v) is 5.25. The molecule has 4 N–H and O–H groups in total. The molecule has 0 bridgehead atoms. The second-order valence-electron chi connectivity index (χ2n) is 9.86. The van der Waals surface area contributed by atoms with Crippen molar-refractivity contribution in [1.82, 2.24) is 20.1 Å². The minimum atomic E-state index is -2.90. The van der Waals surface area contributed by atoms with Crippen LogP contribution in [0.2, 0.25) is 0 Å². The number of aliphatic hydroxyl groups excluding tert-OH is 1. The van der Waals surface area contributed by atoms with Gasteiger partial charge in [-0.2, -0.15) is 5.10 Å². The van der Waals surface area contributed by atoms with E-state index in [2.05, 4.69) is 15.4 Å². The number of hydrogen-bond acceptors (Lipinski definition) is 5. The molecule has 8 nitrogen and oxygen atoms in total. The van der Waals surface area contributed by atoms with E-state index in [0.717, 1.165) is 22.9 Å². The Labute approximate surface area is 236 Å². The van der Waals surface area contributed by atoms with Crippen LogP contribution < -0.4 is 11.1 Å². The Hall–Kier alpha value is -4.65. The number of nitrogens with one attached hydrogen (secondary N) is 1. The molecule has 5 rings (SSSR count). The molecule has 0 spiro atoms. The van der Waals surface area contributed by atoms with Crippen LogP contribution in [0.4, 0.5) is 22.0 Å². The van der Waals surface area contributed by atoms with Crippen molar-refractivity contribution in [3.8, 4) is 11.1 Å². The first-order valence-corrected chi connectivity index (χ1v) is 12.9. The summed E-state index contributed by atoms with van der Waals surface area (Å²) in [6.07, 6.45) is -2.32. The Kier molecular flexibility index (Phi) is 8.03. The van der Waals surface area contributed by atoms with Crippen molar-refractivity contribution >= 4 is 11.8 Å². The Balaban J connectivity index is 1.53. The topological polar surface area (TPSA) is 123 Å². The number of primary amides is 1. The number of halogens is 5. The molecular weight excluding hydrogens is 561 g/mol. The zero-order valence-electron chi connectivity index (χ0n) is 21.8. The number of nitrogens with zero attached hydrogens (tertiary/aromatic N) is 3. The molecule has 0 radical (unpaired) electrons. The lowest BCUT2D eigenvalue weighted by Crippen LogP contribution is -2.34. The molecule has 4 aromatic rings. The first-order chi connectivity index (χ1) is 20.0. The molecular formula is C29H24F5N5O3. The third-order valence-corrected chi connectivity index (χ3v) is 7.02. The van der Waals surface area contributed by atoms with Crippen LogP contribution in [0.3, 0.4) is 0 Å². The number of fused-ring (bicyclic) bond motifs is 1.